The molecule has 6 nitrogen and oxygen atoms in total. The molecule has 0 aromatic heterocycles. The van der Waals surface area contributed by atoms with Crippen LogP contribution in [0.3, 0.4) is 0 Å². The zero-order chi connectivity index (χ0) is 21.4. The molecule has 1 saturated heterocycles. The van der Waals surface area contributed by atoms with E-state index in [-0.39, 0.29) is 16.7 Å². The highest BCUT2D eigenvalue weighted by atomic mass is 79.9. The van der Waals surface area contributed by atoms with Crippen LogP contribution in [-0.4, -0.2) is 50.9 Å². The highest BCUT2D eigenvalue weighted by Gasteiger charge is 2.28. The molecule has 1 amide bonds. The maximum Gasteiger partial charge on any atom is 0.241 e. The first kappa shape index (κ1) is 24.3. The zero-order valence-corrected chi connectivity index (χ0v) is 20.1. The molecule has 0 aliphatic carbocycles. The quantitative estimate of drug-likeness (QED) is 0.494. The van der Waals surface area contributed by atoms with Gasteiger partial charge in [0.25, 0.3) is 0 Å². The van der Waals surface area contributed by atoms with Crippen LogP contribution in [0, 0.1) is 5.92 Å². The van der Waals surface area contributed by atoms with E-state index in [4.69, 9.17) is 0 Å². The van der Waals surface area contributed by atoms with Crippen LogP contribution in [-0.2, 0) is 14.8 Å². The summed E-state index contributed by atoms with van der Waals surface area (Å²) < 4.78 is 28.6. The average molecular weight is 488 g/mol. The molecule has 0 spiro atoms. The SMILES string of the molecule is CC(C)[C@H](NS(=O)(=O)c1ccc(Br)cc1)C(=O)NCCCCN1CCCCC1C. The van der Waals surface area contributed by atoms with Gasteiger partial charge in [0.05, 0.1) is 4.90 Å². The molecule has 2 N–H and O–H groups in total. The number of benzene rings is 1. The number of hydrogen-bond donors (Lipinski definition) is 2. The second-order valence-corrected chi connectivity index (χ2v) is 10.8. The summed E-state index contributed by atoms with van der Waals surface area (Å²) in [6.07, 6.45) is 5.78. The average Bonchev–Trinajstić information content (AvgIpc) is 2.67. The summed E-state index contributed by atoms with van der Waals surface area (Å²) >= 11 is 3.30. The lowest BCUT2D eigenvalue weighted by atomic mass is 10.0. The first-order valence-corrected chi connectivity index (χ1v) is 12.8. The molecule has 8 heteroatoms. The number of amides is 1. The predicted molar refractivity (Wildman–Crippen MR) is 120 cm³/mol. The molecule has 1 aliphatic heterocycles. The van der Waals surface area contributed by atoms with Crippen molar-refractivity contribution in [2.24, 2.45) is 5.92 Å². The van der Waals surface area contributed by atoms with Crippen molar-refractivity contribution in [1.29, 1.82) is 0 Å². The van der Waals surface area contributed by atoms with Crippen molar-refractivity contribution in [3.63, 3.8) is 0 Å². The van der Waals surface area contributed by atoms with Crippen LogP contribution in [0.25, 0.3) is 0 Å². The van der Waals surface area contributed by atoms with Crippen LogP contribution in [0.2, 0.25) is 0 Å². The second-order valence-electron chi connectivity index (χ2n) is 8.18. The van der Waals surface area contributed by atoms with Crippen molar-refractivity contribution in [2.75, 3.05) is 19.6 Å². The lowest BCUT2D eigenvalue weighted by Gasteiger charge is -2.33. The molecule has 1 unspecified atom stereocenters. The second kappa shape index (κ2) is 11.4. The molecule has 1 aliphatic rings. The third-order valence-electron chi connectivity index (χ3n) is 5.47. The Morgan fingerprint density at radius 1 is 1.21 bits per heavy atom. The van der Waals surface area contributed by atoms with Gasteiger partial charge in [0.15, 0.2) is 0 Å². The summed E-state index contributed by atoms with van der Waals surface area (Å²) in [6.45, 7) is 8.75. The Balaban J connectivity index is 1.82. The largest absolute Gasteiger partial charge is 0.355 e. The van der Waals surface area contributed by atoms with Gasteiger partial charge in [0, 0.05) is 17.1 Å². The first-order chi connectivity index (χ1) is 13.7. The topological polar surface area (TPSA) is 78.5 Å². The van der Waals surface area contributed by atoms with Crippen molar-refractivity contribution in [1.82, 2.24) is 14.9 Å². The van der Waals surface area contributed by atoms with Crippen LogP contribution in [0.15, 0.2) is 33.6 Å². The fourth-order valence-electron chi connectivity index (χ4n) is 3.59. The summed E-state index contributed by atoms with van der Waals surface area (Å²) in [4.78, 5) is 15.3. The van der Waals surface area contributed by atoms with Crippen molar-refractivity contribution in [3.8, 4) is 0 Å². The van der Waals surface area contributed by atoms with Crippen molar-refractivity contribution >= 4 is 31.9 Å². The number of hydrogen-bond acceptors (Lipinski definition) is 4. The normalized spacial score (nSPS) is 19.3. The minimum atomic E-state index is -3.76. The molecule has 1 aromatic rings. The molecule has 2 atom stereocenters. The number of nitrogens with one attached hydrogen (secondary N) is 2. The van der Waals surface area contributed by atoms with Gasteiger partial charge in [-0.3, -0.25) is 4.79 Å². The van der Waals surface area contributed by atoms with E-state index in [0.717, 1.165) is 23.9 Å². The minimum absolute atomic E-state index is 0.148. The zero-order valence-electron chi connectivity index (χ0n) is 17.7. The summed E-state index contributed by atoms with van der Waals surface area (Å²) in [6, 6.07) is 6.22. The highest BCUT2D eigenvalue weighted by Crippen LogP contribution is 2.17. The van der Waals surface area contributed by atoms with Crippen LogP contribution in [0.1, 0.15) is 52.9 Å². The van der Waals surface area contributed by atoms with E-state index in [2.05, 4.69) is 37.8 Å². The Hall–Kier alpha value is -0.960. The van der Waals surface area contributed by atoms with Crippen molar-refractivity contribution in [2.45, 2.75) is 69.9 Å². The molecule has 0 radical (unpaired) electrons. The maximum absolute atomic E-state index is 12.6. The van der Waals surface area contributed by atoms with Gasteiger partial charge in [-0.15, -0.1) is 0 Å². The number of halogens is 1. The van der Waals surface area contributed by atoms with Crippen LogP contribution in [0.4, 0.5) is 0 Å². The molecule has 2 rings (SSSR count). The summed E-state index contributed by atoms with van der Waals surface area (Å²) in [5.74, 6) is -0.429. The number of piperidine rings is 1. The third-order valence-corrected chi connectivity index (χ3v) is 7.45. The lowest BCUT2D eigenvalue weighted by Crippen LogP contribution is -2.49. The van der Waals surface area contributed by atoms with E-state index < -0.39 is 16.1 Å². The Morgan fingerprint density at radius 2 is 1.90 bits per heavy atom. The molecule has 0 bridgehead atoms. The van der Waals surface area contributed by atoms with Gasteiger partial charge in [-0.05, 0) is 75.9 Å². The molecule has 164 valence electrons. The standard InChI is InChI=1S/C21H34BrN3O3S/c1-16(2)20(24-29(27,28)19-11-9-18(22)10-12-19)21(26)23-13-5-7-15-25-14-6-4-8-17(25)3/h9-12,16-17,20,24H,4-8,13-15H2,1-3H3,(H,23,26)/t17?,20-/m0/s1. The molecule has 0 saturated carbocycles. The van der Waals surface area contributed by atoms with E-state index >= 15 is 0 Å². The number of carbonyl (C=O) groups excluding carboxylic acids is 1. The summed E-state index contributed by atoms with van der Waals surface area (Å²) in [5, 5.41) is 2.90. The Labute approximate surface area is 184 Å². The Bertz CT molecular complexity index is 753. The Kier molecular flexibility index (Phi) is 9.59. The van der Waals surface area contributed by atoms with Gasteiger partial charge in [0.1, 0.15) is 6.04 Å². The Morgan fingerprint density at radius 3 is 2.52 bits per heavy atom. The number of rotatable bonds is 10. The number of carbonyl (C=O) groups is 1. The third kappa shape index (κ3) is 7.66. The van der Waals surface area contributed by atoms with Gasteiger partial charge < -0.3 is 10.2 Å². The fourth-order valence-corrected chi connectivity index (χ4v) is 5.20. The number of nitrogens with zero attached hydrogens (tertiary/aromatic N) is 1. The van der Waals surface area contributed by atoms with E-state index in [0.29, 0.717) is 12.6 Å². The van der Waals surface area contributed by atoms with Gasteiger partial charge in [0.2, 0.25) is 15.9 Å². The van der Waals surface area contributed by atoms with Crippen molar-refractivity contribution in [3.05, 3.63) is 28.7 Å². The lowest BCUT2D eigenvalue weighted by molar-refractivity contribution is -0.123. The monoisotopic (exact) mass is 487 g/mol. The summed E-state index contributed by atoms with van der Waals surface area (Å²) in [7, 11) is -3.76. The predicted octanol–water partition coefficient (Wildman–Crippen LogP) is 3.52. The first-order valence-electron chi connectivity index (χ1n) is 10.5. The molecule has 29 heavy (non-hydrogen) atoms. The smallest absolute Gasteiger partial charge is 0.241 e. The number of unbranched alkanes of at least 4 members (excludes halogenated alkanes) is 1. The maximum atomic E-state index is 12.6. The molecular weight excluding hydrogens is 454 g/mol. The van der Waals surface area contributed by atoms with E-state index in [9.17, 15) is 13.2 Å². The molecule has 1 fully saturated rings. The van der Waals surface area contributed by atoms with Crippen LogP contribution in [0.5, 0.6) is 0 Å². The minimum Gasteiger partial charge on any atom is -0.355 e. The molecule has 1 heterocycles. The van der Waals surface area contributed by atoms with Gasteiger partial charge >= 0.3 is 0 Å². The van der Waals surface area contributed by atoms with E-state index in [1.807, 2.05) is 13.8 Å². The van der Waals surface area contributed by atoms with Gasteiger partial charge in [-0.25, -0.2) is 8.42 Å². The van der Waals surface area contributed by atoms with E-state index in [1.54, 1.807) is 12.1 Å². The van der Waals surface area contributed by atoms with Crippen LogP contribution >= 0.6 is 15.9 Å². The molecular formula is C21H34BrN3O3S. The highest BCUT2D eigenvalue weighted by molar-refractivity contribution is 9.10. The van der Waals surface area contributed by atoms with Gasteiger partial charge in [-0.1, -0.05) is 36.2 Å². The van der Waals surface area contributed by atoms with Gasteiger partial charge in [-0.2, -0.15) is 4.72 Å². The van der Waals surface area contributed by atoms with Crippen molar-refractivity contribution < 1.29 is 13.2 Å². The van der Waals surface area contributed by atoms with Crippen LogP contribution < -0.4 is 10.0 Å². The summed E-state index contributed by atoms with van der Waals surface area (Å²) in [5.41, 5.74) is 0. The number of likely N-dealkylation sites (tertiary alicyclic amines) is 1. The molecule has 1 aromatic carbocycles. The van der Waals surface area contributed by atoms with E-state index in [1.165, 1.54) is 37.9 Å². The fraction of sp³-hybridized carbons (Fsp3) is 0.667. The number of sulfonamides is 1.